The van der Waals surface area contributed by atoms with Crippen molar-refractivity contribution >= 4 is 11.8 Å². The SMILES string of the molecule is C[C@@H](N)CC1(c2nn(C)c(=O)[nH]2)c2ccc(C(N)=O)cc2CCc2cc(C(N)=O)ccc21. The minimum absolute atomic E-state index is 0.258. The van der Waals surface area contributed by atoms with Crippen LogP contribution in [0.2, 0.25) is 0 Å². The van der Waals surface area contributed by atoms with Gasteiger partial charge in [-0.15, -0.1) is 0 Å². The van der Waals surface area contributed by atoms with Gasteiger partial charge in [0.1, 0.15) is 5.82 Å². The second kappa shape index (κ2) is 7.76. The first-order valence-electron chi connectivity index (χ1n) is 10.4. The zero-order valence-corrected chi connectivity index (χ0v) is 18.0. The van der Waals surface area contributed by atoms with E-state index >= 15 is 0 Å². The van der Waals surface area contributed by atoms with E-state index in [0.29, 0.717) is 36.2 Å². The summed E-state index contributed by atoms with van der Waals surface area (Å²) in [7, 11) is 1.58. The number of aromatic nitrogens is 3. The highest BCUT2D eigenvalue weighted by Crippen LogP contribution is 2.46. The van der Waals surface area contributed by atoms with Crippen LogP contribution in [0.3, 0.4) is 0 Å². The highest BCUT2D eigenvalue weighted by Gasteiger charge is 2.44. The number of primary amides is 2. The minimum Gasteiger partial charge on any atom is -0.366 e. The highest BCUT2D eigenvalue weighted by molar-refractivity contribution is 5.94. The van der Waals surface area contributed by atoms with Gasteiger partial charge in [-0.1, -0.05) is 12.1 Å². The fourth-order valence-electron chi connectivity index (χ4n) is 4.80. The molecule has 0 bridgehead atoms. The maximum atomic E-state index is 12.4. The van der Waals surface area contributed by atoms with Crippen LogP contribution in [0.25, 0.3) is 0 Å². The van der Waals surface area contributed by atoms with Gasteiger partial charge in [-0.2, -0.15) is 5.10 Å². The molecule has 0 radical (unpaired) electrons. The molecule has 7 N–H and O–H groups in total. The topological polar surface area (TPSA) is 163 Å². The third-order valence-electron chi connectivity index (χ3n) is 6.16. The summed E-state index contributed by atoms with van der Waals surface area (Å²) in [6, 6.07) is 10.4. The molecule has 0 unspecified atom stereocenters. The summed E-state index contributed by atoms with van der Waals surface area (Å²) in [5.41, 5.74) is 20.5. The Kier molecular flexibility index (Phi) is 5.21. The predicted molar refractivity (Wildman–Crippen MR) is 119 cm³/mol. The lowest BCUT2D eigenvalue weighted by Gasteiger charge is -2.36. The molecule has 4 rings (SSSR count). The van der Waals surface area contributed by atoms with Crippen molar-refractivity contribution in [1.82, 2.24) is 14.8 Å². The van der Waals surface area contributed by atoms with E-state index in [1.54, 1.807) is 31.3 Å². The van der Waals surface area contributed by atoms with E-state index in [0.717, 1.165) is 22.3 Å². The lowest BCUT2D eigenvalue weighted by molar-refractivity contribution is 0.0991. The number of aryl methyl sites for hydroxylation is 3. The summed E-state index contributed by atoms with van der Waals surface area (Å²) >= 11 is 0. The maximum Gasteiger partial charge on any atom is 0.343 e. The van der Waals surface area contributed by atoms with Crippen molar-refractivity contribution in [2.24, 2.45) is 24.2 Å². The van der Waals surface area contributed by atoms with Crippen molar-refractivity contribution in [1.29, 1.82) is 0 Å². The Morgan fingerprint density at radius 2 is 1.56 bits per heavy atom. The largest absolute Gasteiger partial charge is 0.366 e. The first-order chi connectivity index (χ1) is 15.1. The van der Waals surface area contributed by atoms with Gasteiger partial charge in [-0.05, 0) is 72.7 Å². The number of H-pyrrole nitrogens is 1. The molecule has 166 valence electrons. The monoisotopic (exact) mass is 434 g/mol. The van der Waals surface area contributed by atoms with Crippen LogP contribution >= 0.6 is 0 Å². The van der Waals surface area contributed by atoms with E-state index in [1.807, 2.05) is 19.1 Å². The Morgan fingerprint density at radius 1 is 1.06 bits per heavy atom. The molecule has 1 aliphatic rings. The van der Waals surface area contributed by atoms with Gasteiger partial charge in [0.25, 0.3) is 0 Å². The van der Waals surface area contributed by atoms with Crippen LogP contribution in [0.5, 0.6) is 0 Å². The van der Waals surface area contributed by atoms with Gasteiger partial charge in [0.05, 0.1) is 5.41 Å². The van der Waals surface area contributed by atoms with Gasteiger partial charge in [0.15, 0.2) is 0 Å². The number of carbonyl (C=O) groups excluding carboxylic acids is 2. The van der Waals surface area contributed by atoms with E-state index in [9.17, 15) is 14.4 Å². The fourth-order valence-corrected chi connectivity index (χ4v) is 4.80. The van der Waals surface area contributed by atoms with Crippen LogP contribution in [0.1, 0.15) is 62.1 Å². The first-order valence-corrected chi connectivity index (χ1v) is 10.4. The van der Waals surface area contributed by atoms with Crippen molar-refractivity contribution in [2.75, 3.05) is 0 Å². The molecule has 32 heavy (non-hydrogen) atoms. The Bertz CT molecular complexity index is 1220. The smallest absolute Gasteiger partial charge is 0.343 e. The third kappa shape index (κ3) is 3.40. The number of benzene rings is 2. The maximum absolute atomic E-state index is 12.4. The minimum atomic E-state index is -0.901. The second-order valence-corrected chi connectivity index (χ2v) is 8.46. The van der Waals surface area contributed by atoms with E-state index in [1.165, 1.54) is 4.68 Å². The van der Waals surface area contributed by atoms with Crippen molar-refractivity contribution in [3.63, 3.8) is 0 Å². The molecule has 9 nitrogen and oxygen atoms in total. The number of carbonyl (C=O) groups is 2. The zero-order valence-electron chi connectivity index (χ0n) is 18.0. The Morgan fingerprint density at radius 3 is 1.94 bits per heavy atom. The summed E-state index contributed by atoms with van der Waals surface area (Å²) in [6.07, 6.45) is 1.64. The van der Waals surface area contributed by atoms with E-state index in [-0.39, 0.29) is 11.7 Å². The van der Waals surface area contributed by atoms with Crippen molar-refractivity contribution in [2.45, 2.75) is 37.6 Å². The number of nitrogens with one attached hydrogen (secondary N) is 1. The molecular weight excluding hydrogens is 408 g/mol. The normalized spacial score (nSPS) is 15.3. The first kappa shape index (κ1) is 21.5. The average Bonchev–Trinajstić information content (AvgIpc) is 3.01. The Balaban J connectivity index is 2.12. The predicted octanol–water partition coefficient (Wildman–Crippen LogP) is 0.477. The van der Waals surface area contributed by atoms with Crippen LogP contribution in [0.4, 0.5) is 0 Å². The summed E-state index contributed by atoms with van der Waals surface area (Å²) in [5.74, 6) is -0.588. The quantitative estimate of drug-likeness (QED) is 0.458. The molecule has 0 fully saturated rings. The fraction of sp³-hybridized carbons (Fsp3) is 0.304. The molecule has 2 aromatic carbocycles. The molecule has 0 saturated carbocycles. The second-order valence-electron chi connectivity index (χ2n) is 8.46. The number of hydrogen-bond donors (Lipinski definition) is 4. The average molecular weight is 435 g/mol. The lowest BCUT2D eigenvalue weighted by Crippen LogP contribution is -2.38. The highest BCUT2D eigenvalue weighted by atomic mass is 16.2. The summed E-state index contributed by atoms with van der Waals surface area (Å²) < 4.78 is 1.25. The van der Waals surface area contributed by atoms with Gasteiger partial charge < -0.3 is 17.2 Å². The van der Waals surface area contributed by atoms with E-state index < -0.39 is 17.2 Å². The molecule has 0 saturated heterocycles. The molecule has 0 aliphatic heterocycles. The van der Waals surface area contributed by atoms with Crippen LogP contribution in [0, 0.1) is 0 Å². The van der Waals surface area contributed by atoms with Gasteiger partial charge in [0, 0.05) is 24.2 Å². The van der Waals surface area contributed by atoms with Crippen molar-refractivity contribution < 1.29 is 9.59 Å². The third-order valence-corrected chi connectivity index (χ3v) is 6.16. The molecule has 1 atom stereocenters. The lowest BCUT2D eigenvalue weighted by atomic mass is 9.68. The molecule has 9 heteroatoms. The van der Waals surface area contributed by atoms with Gasteiger partial charge in [-0.3, -0.25) is 14.6 Å². The van der Waals surface area contributed by atoms with Crippen LogP contribution < -0.4 is 22.9 Å². The van der Waals surface area contributed by atoms with E-state index in [2.05, 4.69) is 10.1 Å². The Labute approximate surface area is 184 Å². The number of aromatic amines is 1. The zero-order chi connectivity index (χ0) is 23.2. The molecule has 2 amide bonds. The molecule has 3 aromatic rings. The molecule has 1 aromatic heterocycles. The van der Waals surface area contributed by atoms with Crippen molar-refractivity contribution in [3.05, 3.63) is 86.1 Å². The standard InChI is InChI=1S/C23H26N6O3/c1-12(24)11-23(21-27-22(32)29(2)28-21)17-7-5-15(19(25)30)9-13(17)3-4-14-10-16(20(26)31)6-8-18(14)23/h5-10,12H,3-4,11,24H2,1-2H3,(H2,25,30)(H2,26,31)(H,27,28,32)/t12-/m1/s1. The summed E-state index contributed by atoms with van der Waals surface area (Å²) in [4.78, 5) is 39.0. The van der Waals surface area contributed by atoms with Crippen LogP contribution in [-0.4, -0.2) is 32.6 Å². The van der Waals surface area contributed by atoms with Crippen LogP contribution in [-0.2, 0) is 25.3 Å². The number of nitrogens with two attached hydrogens (primary N) is 3. The summed E-state index contributed by atoms with van der Waals surface area (Å²) in [5, 5.41) is 4.52. The van der Waals surface area contributed by atoms with Gasteiger partial charge >= 0.3 is 5.69 Å². The molecule has 1 aliphatic carbocycles. The van der Waals surface area contributed by atoms with Gasteiger partial charge in [-0.25, -0.2) is 9.48 Å². The number of rotatable bonds is 5. The number of nitrogens with zero attached hydrogens (tertiary/aromatic N) is 2. The van der Waals surface area contributed by atoms with Crippen molar-refractivity contribution in [3.8, 4) is 0 Å². The van der Waals surface area contributed by atoms with E-state index in [4.69, 9.17) is 17.2 Å². The Hall–Kier alpha value is -3.72. The molecular formula is C23H26N6O3. The summed E-state index contributed by atoms with van der Waals surface area (Å²) in [6.45, 7) is 1.89. The number of hydrogen-bond acceptors (Lipinski definition) is 5. The molecule has 1 heterocycles. The van der Waals surface area contributed by atoms with Crippen LogP contribution in [0.15, 0.2) is 41.2 Å². The number of fused-ring (bicyclic) bond motifs is 2. The molecule has 0 spiro atoms. The van der Waals surface area contributed by atoms with Gasteiger partial charge in [0.2, 0.25) is 11.8 Å². The number of amides is 2.